The average Bonchev–Trinajstić information content (AvgIpc) is 2.53. The van der Waals surface area contributed by atoms with Gasteiger partial charge in [-0.1, -0.05) is 69.7 Å². The maximum Gasteiger partial charge on any atom is 0.157 e. The van der Waals surface area contributed by atoms with Crippen molar-refractivity contribution >= 4 is 0 Å². The molecule has 2 atom stereocenters. The fourth-order valence-corrected chi connectivity index (χ4v) is 3.60. The maximum atomic E-state index is 9.92. The molecule has 1 aromatic carbocycles. The van der Waals surface area contributed by atoms with Gasteiger partial charge in [0.1, 0.15) is 0 Å². The van der Waals surface area contributed by atoms with Crippen LogP contribution >= 0.6 is 0 Å². The van der Waals surface area contributed by atoms with Crippen LogP contribution in [0.4, 0.5) is 0 Å². The highest BCUT2D eigenvalue weighted by Crippen LogP contribution is 2.52. The second-order valence-electron chi connectivity index (χ2n) is 6.93. The first-order chi connectivity index (χ1) is 10.5. The Labute approximate surface area is 134 Å². The van der Waals surface area contributed by atoms with Gasteiger partial charge in [-0.3, -0.25) is 0 Å². The molecule has 1 aromatic rings. The highest BCUT2D eigenvalue weighted by atomic mass is 14.5. The van der Waals surface area contributed by atoms with Gasteiger partial charge in [0.25, 0.3) is 0 Å². The van der Waals surface area contributed by atoms with E-state index in [9.17, 15) is 10.5 Å². The van der Waals surface area contributed by atoms with Crippen molar-refractivity contribution in [2.75, 3.05) is 0 Å². The van der Waals surface area contributed by atoms with Crippen molar-refractivity contribution in [1.29, 1.82) is 10.5 Å². The monoisotopic (exact) mass is 292 g/mol. The van der Waals surface area contributed by atoms with Gasteiger partial charge >= 0.3 is 0 Å². The standard InChI is InChI=1S/C20H24N2/c1-14(2)17-10-18(15(3)4)20(12-21,13-22)19(11-17)16-8-6-5-7-9-16/h5-9,11,14-15,18-19H,10H2,1-4H3/t18-,19+/m0/s1. The van der Waals surface area contributed by atoms with Crippen molar-refractivity contribution in [2.24, 2.45) is 23.2 Å². The van der Waals surface area contributed by atoms with E-state index in [0.717, 1.165) is 12.0 Å². The molecular formula is C20H24N2. The van der Waals surface area contributed by atoms with E-state index in [-0.39, 0.29) is 11.8 Å². The van der Waals surface area contributed by atoms with E-state index in [2.05, 4.69) is 45.9 Å². The normalized spacial score (nSPS) is 23.7. The summed E-state index contributed by atoms with van der Waals surface area (Å²) in [5.41, 5.74) is 1.45. The molecule has 2 nitrogen and oxygen atoms in total. The summed E-state index contributed by atoms with van der Waals surface area (Å²) in [5.74, 6) is 0.660. The molecule has 22 heavy (non-hydrogen) atoms. The van der Waals surface area contributed by atoms with Crippen molar-refractivity contribution in [2.45, 2.75) is 40.0 Å². The number of nitriles is 2. The molecule has 0 aromatic heterocycles. The molecule has 0 radical (unpaired) electrons. The number of hydrogen-bond donors (Lipinski definition) is 0. The lowest BCUT2D eigenvalue weighted by Crippen LogP contribution is -2.40. The van der Waals surface area contributed by atoms with Gasteiger partial charge in [0.15, 0.2) is 5.41 Å². The minimum Gasteiger partial charge on any atom is -0.197 e. The van der Waals surface area contributed by atoms with Gasteiger partial charge < -0.3 is 0 Å². The van der Waals surface area contributed by atoms with Gasteiger partial charge in [0.05, 0.1) is 12.1 Å². The molecule has 0 amide bonds. The first kappa shape index (κ1) is 16.3. The highest BCUT2D eigenvalue weighted by Gasteiger charge is 2.50. The molecule has 1 aliphatic rings. The minimum atomic E-state index is -0.978. The molecule has 0 unspecified atom stereocenters. The molecule has 0 bridgehead atoms. The Balaban J connectivity index is 2.65. The fraction of sp³-hybridized carbons (Fsp3) is 0.500. The summed E-state index contributed by atoms with van der Waals surface area (Å²) in [6, 6.07) is 14.8. The molecule has 2 rings (SSSR count). The van der Waals surface area contributed by atoms with Gasteiger partial charge in [-0.25, -0.2) is 0 Å². The Morgan fingerprint density at radius 1 is 1.05 bits per heavy atom. The van der Waals surface area contributed by atoms with Crippen LogP contribution in [0.25, 0.3) is 0 Å². The van der Waals surface area contributed by atoms with Gasteiger partial charge in [-0.2, -0.15) is 10.5 Å². The predicted molar refractivity (Wildman–Crippen MR) is 88.7 cm³/mol. The molecule has 1 aliphatic carbocycles. The van der Waals surface area contributed by atoms with Crippen molar-refractivity contribution in [3.05, 3.63) is 47.5 Å². The lowest BCUT2D eigenvalue weighted by atomic mass is 9.57. The van der Waals surface area contributed by atoms with Crippen LogP contribution in [-0.4, -0.2) is 0 Å². The maximum absolute atomic E-state index is 9.92. The summed E-state index contributed by atoms with van der Waals surface area (Å²) in [7, 11) is 0. The van der Waals surface area contributed by atoms with Crippen LogP contribution in [-0.2, 0) is 0 Å². The third-order valence-corrected chi connectivity index (χ3v) is 4.99. The third-order valence-electron chi connectivity index (χ3n) is 4.99. The lowest BCUT2D eigenvalue weighted by molar-refractivity contribution is 0.197. The van der Waals surface area contributed by atoms with Crippen LogP contribution < -0.4 is 0 Å². The first-order valence-electron chi connectivity index (χ1n) is 8.04. The molecule has 0 N–H and O–H groups in total. The zero-order valence-electron chi connectivity index (χ0n) is 13.9. The zero-order chi connectivity index (χ0) is 16.3. The Kier molecular flexibility index (Phi) is 4.72. The van der Waals surface area contributed by atoms with Gasteiger partial charge in [0.2, 0.25) is 0 Å². The Morgan fingerprint density at radius 2 is 1.64 bits per heavy atom. The Bertz CT molecular complexity index is 612. The summed E-state index contributed by atoms with van der Waals surface area (Å²) < 4.78 is 0. The number of hydrogen-bond acceptors (Lipinski definition) is 2. The first-order valence-corrected chi connectivity index (χ1v) is 8.04. The van der Waals surface area contributed by atoms with Crippen LogP contribution in [0.3, 0.4) is 0 Å². The second kappa shape index (κ2) is 6.37. The zero-order valence-corrected chi connectivity index (χ0v) is 13.9. The van der Waals surface area contributed by atoms with Crippen molar-refractivity contribution in [3.63, 3.8) is 0 Å². The summed E-state index contributed by atoms with van der Waals surface area (Å²) in [6.07, 6.45) is 3.03. The third kappa shape index (κ3) is 2.67. The molecule has 114 valence electrons. The number of nitrogens with zero attached hydrogens (tertiary/aromatic N) is 2. The van der Waals surface area contributed by atoms with Crippen molar-refractivity contribution < 1.29 is 0 Å². The lowest BCUT2D eigenvalue weighted by Gasteiger charge is -2.42. The molecule has 2 heteroatoms. The molecule has 0 saturated heterocycles. The molecule has 0 spiro atoms. The van der Waals surface area contributed by atoms with Crippen LogP contribution in [0.2, 0.25) is 0 Å². The minimum absolute atomic E-state index is 0.0649. The second-order valence-corrected chi connectivity index (χ2v) is 6.93. The van der Waals surface area contributed by atoms with Gasteiger partial charge in [0, 0.05) is 5.92 Å². The smallest absolute Gasteiger partial charge is 0.157 e. The predicted octanol–water partition coefficient (Wildman–Crippen LogP) is 5.06. The topological polar surface area (TPSA) is 47.6 Å². The number of benzene rings is 1. The van der Waals surface area contributed by atoms with Crippen LogP contribution in [0.15, 0.2) is 42.0 Å². The summed E-state index contributed by atoms with van der Waals surface area (Å²) in [6.45, 7) is 8.63. The van der Waals surface area contributed by atoms with Gasteiger partial charge in [-0.05, 0) is 29.7 Å². The van der Waals surface area contributed by atoms with E-state index < -0.39 is 5.41 Å². The van der Waals surface area contributed by atoms with Crippen LogP contribution in [0, 0.1) is 45.8 Å². The Hall–Kier alpha value is -2.06. The van der Waals surface area contributed by atoms with Crippen molar-refractivity contribution in [1.82, 2.24) is 0 Å². The molecule has 0 saturated carbocycles. The Morgan fingerprint density at radius 3 is 2.09 bits per heavy atom. The molecular weight excluding hydrogens is 268 g/mol. The molecule has 0 fully saturated rings. The quantitative estimate of drug-likeness (QED) is 0.731. The summed E-state index contributed by atoms with van der Waals surface area (Å²) >= 11 is 0. The van der Waals surface area contributed by atoms with E-state index in [1.54, 1.807) is 0 Å². The average molecular weight is 292 g/mol. The summed E-state index contributed by atoms with van der Waals surface area (Å²) in [4.78, 5) is 0. The van der Waals surface area contributed by atoms with Gasteiger partial charge in [-0.15, -0.1) is 0 Å². The SMILES string of the molecule is CC(C)C1=C[C@H](c2ccccc2)C(C#N)(C#N)[C@H](C(C)C)C1. The van der Waals surface area contributed by atoms with E-state index in [0.29, 0.717) is 11.8 Å². The van der Waals surface area contributed by atoms with E-state index >= 15 is 0 Å². The fourth-order valence-electron chi connectivity index (χ4n) is 3.60. The van der Waals surface area contributed by atoms with Crippen LogP contribution in [0.1, 0.15) is 45.6 Å². The molecule has 0 aliphatic heterocycles. The van der Waals surface area contributed by atoms with Crippen molar-refractivity contribution in [3.8, 4) is 12.1 Å². The van der Waals surface area contributed by atoms with E-state index in [1.165, 1.54) is 5.57 Å². The largest absolute Gasteiger partial charge is 0.197 e. The molecule has 0 heterocycles. The van der Waals surface area contributed by atoms with E-state index in [1.807, 2.05) is 30.3 Å². The summed E-state index contributed by atoms with van der Waals surface area (Å²) in [5, 5.41) is 19.8. The number of allylic oxidation sites excluding steroid dienone is 2. The number of rotatable bonds is 3. The van der Waals surface area contributed by atoms with Crippen LogP contribution in [0.5, 0.6) is 0 Å². The van der Waals surface area contributed by atoms with E-state index in [4.69, 9.17) is 0 Å². The highest BCUT2D eigenvalue weighted by molar-refractivity contribution is 5.40.